The number of hydrogen-bond acceptors (Lipinski definition) is 3. The van der Waals surface area contributed by atoms with Gasteiger partial charge in [0.05, 0.1) is 23.9 Å². The van der Waals surface area contributed by atoms with Crippen LogP contribution >= 0.6 is 0 Å². The molecule has 0 aliphatic heterocycles. The van der Waals surface area contributed by atoms with E-state index in [9.17, 15) is 4.79 Å². The highest BCUT2D eigenvalue weighted by Crippen LogP contribution is 2.30. The van der Waals surface area contributed by atoms with Crippen LogP contribution < -0.4 is 0 Å². The van der Waals surface area contributed by atoms with Gasteiger partial charge in [0.1, 0.15) is 0 Å². The van der Waals surface area contributed by atoms with Gasteiger partial charge in [-0.05, 0) is 74.1 Å². The lowest BCUT2D eigenvalue weighted by molar-refractivity contribution is 0.0603. The van der Waals surface area contributed by atoms with Crippen molar-refractivity contribution in [1.29, 1.82) is 0 Å². The fourth-order valence-electron chi connectivity index (χ4n) is 5.49. The van der Waals surface area contributed by atoms with Gasteiger partial charge in [-0.15, -0.1) is 0 Å². The Kier molecular flexibility index (Phi) is 6.54. The minimum absolute atomic E-state index is 0.366. The number of esters is 1. The molecule has 200 valence electrons. The lowest BCUT2D eigenvalue weighted by Crippen LogP contribution is -2.03. The molecular formula is C39H27NO2. The first-order chi connectivity index (χ1) is 20.6. The Balaban J connectivity index is 1.14. The molecule has 0 bridgehead atoms. The minimum atomic E-state index is -0.366. The largest absolute Gasteiger partial charge is 0.465 e. The van der Waals surface area contributed by atoms with Crippen LogP contribution in [0.4, 0.5) is 0 Å². The van der Waals surface area contributed by atoms with E-state index in [-0.39, 0.29) is 5.97 Å². The number of nitrogens with zero attached hydrogens (tertiary/aromatic N) is 1. The van der Waals surface area contributed by atoms with Crippen LogP contribution in [0.15, 0.2) is 133 Å². The molecule has 0 aliphatic carbocycles. The van der Waals surface area contributed by atoms with E-state index in [2.05, 4.69) is 115 Å². The van der Waals surface area contributed by atoms with Crippen LogP contribution in [0.1, 0.15) is 21.5 Å². The van der Waals surface area contributed by atoms with Crippen molar-refractivity contribution in [2.45, 2.75) is 0 Å². The molecule has 0 fully saturated rings. The molecule has 42 heavy (non-hydrogen) atoms. The van der Waals surface area contributed by atoms with Crippen LogP contribution in [-0.2, 0) is 4.74 Å². The highest BCUT2D eigenvalue weighted by molar-refractivity contribution is 6.04. The smallest absolute Gasteiger partial charge is 0.338 e. The molecule has 0 N–H and O–H groups in total. The number of methoxy groups -OCH3 is 1. The Morgan fingerprint density at radius 1 is 0.571 bits per heavy atom. The van der Waals surface area contributed by atoms with Gasteiger partial charge >= 0.3 is 5.97 Å². The highest BCUT2D eigenvalue weighted by atomic mass is 16.5. The molecule has 1 heterocycles. The first-order valence-corrected chi connectivity index (χ1v) is 13.9. The Bertz CT molecular complexity index is 2140. The Hall–Kier alpha value is -5.54. The van der Waals surface area contributed by atoms with Crippen molar-refractivity contribution in [3.8, 4) is 22.4 Å². The molecule has 0 saturated carbocycles. The Morgan fingerprint density at radius 3 is 1.90 bits per heavy atom. The molecule has 3 heteroatoms. The summed E-state index contributed by atoms with van der Waals surface area (Å²) in [5, 5.41) is 5.68. The minimum Gasteiger partial charge on any atom is -0.465 e. The molecule has 0 unspecified atom stereocenters. The van der Waals surface area contributed by atoms with E-state index < -0.39 is 0 Å². The van der Waals surface area contributed by atoms with Crippen molar-refractivity contribution >= 4 is 50.6 Å². The predicted molar refractivity (Wildman–Crippen MR) is 174 cm³/mol. The second kappa shape index (κ2) is 10.8. The van der Waals surface area contributed by atoms with Crippen LogP contribution in [0.5, 0.6) is 0 Å². The number of carbonyl (C=O) groups is 1. The lowest BCUT2D eigenvalue weighted by atomic mass is 9.98. The topological polar surface area (TPSA) is 39.2 Å². The standard InChI is InChI=1S/C39H27NO2/c1-42-39(41)36-25-38(40-37-9-5-4-8-35(36)37)30-18-16-29(17-19-30)33-21-20-32-23-27(13-15-34(32)24-33)11-10-26-12-14-28-6-2-3-7-31(28)22-26/h2-25H,1H3/b11-10+. The van der Waals surface area contributed by atoms with Crippen molar-refractivity contribution in [3.63, 3.8) is 0 Å². The number of pyridine rings is 1. The van der Waals surface area contributed by atoms with Gasteiger partial charge in [0.25, 0.3) is 0 Å². The van der Waals surface area contributed by atoms with Gasteiger partial charge in [0.2, 0.25) is 0 Å². The van der Waals surface area contributed by atoms with Crippen LogP contribution in [0.25, 0.3) is 67.0 Å². The van der Waals surface area contributed by atoms with Gasteiger partial charge in [0, 0.05) is 10.9 Å². The number of ether oxygens (including phenoxy) is 1. The third-order valence-electron chi connectivity index (χ3n) is 7.74. The summed E-state index contributed by atoms with van der Waals surface area (Å²) in [6.07, 6.45) is 4.34. The molecule has 7 rings (SSSR count). The number of aromatic nitrogens is 1. The van der Waals surface area contributed by atoms with E-state index in [4.69, 9.17) is 9.72 Å². The monoisotopic (exact) mass is 541 g/mol. The van der Waals surface area contributed by atoms with E-state index in [1.165, 1.54) is 39.8 Å². The molecule has 0 spiro atoms. The van der Waals surface area contributed by atoms with Gasteiger partial charge in [-0.2, -0.15) is 0 Å². The maximum atomic E-state index is 12.5. The number of benzene rings is 6. The zero-order chi connectivity index (χ0) is 28.5. The van der Waals surface area contributed by atoms with Gasteiger partial charge in [-0.1, -0.05) is 115 Å². The highest BCUT2D eigenvalue weighted by Gasteiger charge is 2.14. The maximum absolute atomic E-state index is 12.5. The molecule has 7 aromatic rings. The van der Waals surface area contributed by atoms with Crippen LogP contribution in [0, 0.1) is 0 Å². The van der Waals surface area contributed by atoms with E-state index >= 15 is 0 Å². The van der Waals surface area contributed by atoms with Crippen LogP contribution in [0.3, 0.4) is 0 Å². The zero-order valence-electron chi connectivity index (χ0n) is 23.1. The number of para-hydroxylation sites is 1. The molecule has 0 atom stereocenters. The number of fused-ring (bicyclic) bond motifs is 3. The molecular weight excluding hydrogens is 514 g/mol. The summed E-state index contributed by atoms with van der Waals surface area (Å²) in [6.45, 7) is 0. The first kappa shape index (κ1) is 25.4. The van der Waals surface area contributed by atoms with Crippen molar-refractivity contribution in [3.05, 3.63) is 150 Å². The fraction of sp³-hybridized carbons (Fsp3) is 0.0256. The van der Waals surface area contributed by atoms with Crippen molar-refractivity contribution in [1.82, 2.24) is 4.98 Å². The summed E-state index contributed by atoms with van der Waals surface area (Å²) in [7, 11) is 1.40. The number of carbonyl (C=O) groups excluding carboxylic acids is 1. The number of hydrogen-bond donors (Lipinski definition) is 0. The average molecular weight is 542 g/mol. The van der Waals surface area contributed by atoms with Crippen LogP contribution in [-0.4, -0.2) is 18.1 Å². The third kappa shape index (κ3) is 4.93. The van der Waals surface area contributed by atoms with E-state index in [0.717, 1.165) is 33.3 Å². The molecule has 6 aromatic carbocycles. The molecule has 0 radical (unpaired) electrons. The third-order valence-corrected chi connectivity index (χ3v) is 7.74. The molecule has 0 aliphatic rings. The maximum Gasteiger partial charge on any atom is 0.338 e. The van der Waals surface area contributed by atoms with Crippen molar-refractivity contribution in [2.24, 2.45) is 0 Å². The summed E-state index contributed by atoms with van der Waals surface area (Å²) in [6, 6.07) is 45.9. The predicted octanol–water partition coefficient (Wildman–Crippen LogP) is 9.83. The second-order valence-electron chi connectivity index (χ2n) is 10.4. The summed E-state index contributed by atoms with van der Waals surface area (Å²) < 4.78 is 5.03. The second-order valence-corrected chi connectivity index (χ2v) is 10.4. The fourth-order valence-corrected chi connectivity index (χ4v) is 5.49. The summed E-state index contributed by atoms with van der Waals surface area (Å²) in [4.78, 5) is 17.3. The lowest BCUT2D eigenvalue weighted by Gasteiger charge is -2.10. The summed E-state index contributed by atoms with van der Waals surface area (Å²) >= 11 is 0. The Morgan fingerprint density at radius 2 is 1.14 bits per heavy atom. The normalized spacial score (nSPS) is 11.5. The molecule has 3 nitrogen and oxygen atoms in total. The molecule has 1 aromatic heterocycles. The molecule has 0 saturated heterocycles. The zero-order valence-corrected chi connectivity index (χ0v) is 23.1. The Labute approximate surface area is 244 Å². The van der Waals surface area contributed by atoms with Crippen LogP contribution in [0.2, 0.25) is 0 Å². The first-order valence-electron chi connectivity index (χ1n) is 13.9. The van der Waals surface area contributed by atoms with E-state index in [1.54, 1.807) is 0 Å². The summed E-state index contributed by atoms with van der Waals surface area (Å²) in [5.74, 6) is -0.366. The van der Waals surface area contributed by atoms with Gasteiger partial charge < -0.3 is 4.74 Å². The molecule has 0 amide bonds. The summed E-state index contributed by atoms with van der Waals surface area (Å²) in [5.41, 5.74) is 7.59. The average Bonchev–Trinajstić information content (AvgIpc) is 3.06. The van der Waals surface area contributed by atoms with Crippen molar-refractivity contribution in [2.75, 3.05) is 7.11 Å². The van der Waals surface area contributed by atoms with Gasteiger partial charge in [-0.3, -0.25) is 0 Å². The van der Waals surface area contributed by atoms with Gasteiger partial charge in [0.15, 0.2) is 0 Å². The van der Waals surface area contributed by atoms with E-state index in [0.29, 0.717) is 5.56 Å². The number of rotatable bonds is 5. The SMILES string of the molecule is COC(=O)c1cc(-c2ccc(-c3ccc4cc(/C=C/c5ccc6ccccc6c5)ccc4c3)cc2)nc2ccccc12. The van der Waals surface area contributed by atoms with Crippen molar-refractivity contribution < 1.29 is 9.53 Å². The van der Waals surface area contributed by atoms with Gasteiger partial charge in [-0.25, -0.2) is 9.78 Å². The quantitative estimate of drug-likeness (QED) is 0.161. The van der Waals surface area contributed by atoms with E-state index in [1.807, 2.05) is 30.3 Å².